The molecular formula is C20H25F3N2O2. The molecule has 0 aromatic carbocycles. The molecule has 1 aliphatic heterocycles. The smallest absolute Gasteiger partial charge is 0.390 e. The van der Waals surface area contributed by atoms with Crippen LogP contribution in [0.4, 0.5) is 13.2 Å². The molecule has 0 unspecified atom stereocenters. The van der Waals surface area contributed by atoms with Gasteiger partial charge in [-0.05, 0) is 64.0 Å². The fourth-order valence-electron chi connectivity index (χ4n) is 5.24. The largest absolute Gasteiger partial charge is 0.418 e. The Morgan fingerprint density at radius 2 is 1.89 bits per heavy atom. The Morgan fingerprint density at radius 3 is 2.41 bits per heavy atom. The van der Waals surface area contributed by atoms with E-state index in [4.69, 9.17) is 0 Å². The standard InChI is InChI=1S/C20H25F3N2O2/c1-12-16(20(21,22)23)4-3-15(24-12)5-13-6-19(7-13)10-25(11-19)17(26)14-8-18(2,27)9-14/h3-4,13-14,27H,5-11H2,1-2H3. The van der Waals surface area contributed by atoms with Crippen LogP contribution in [0.3, 0.4) is 0 Å². The molecule has 3 fully saturated rings. The molecule has 2 heterocycles. The fourth-order valence-corrected chi connectivity index (χ4v) is 5.24. The first-order chi connectivity index (χ1) is 12.5. The van der Waals surface area contributed by atoms with Gasteiger partial charge in [0.1, 0.15) is 0 Å². The van der Waals surface area contributed by atoms with Gasteiger partial charge >= 0.3 is 6.18 Å². The molecule has 1 aromatic rings. The summed E-state index contributed by atoms with van der Waals surface area (Å²) in [6, 6.07) is 2.61. The second-order valence-corrected chi connectivity index (χ2v) is 9.21. The Hall–Kier alpha value is -1.63. The molecule has 4 rings (SSSR count). The molecule has 1 N–H and O–H groups in total. The maximum atomic E-state index is 12.8. The highest BCUT2D eigenvalue weighted by atomic mass is 19.4. The average Bonchev–Trinajstić information content (AvgIpc) is 2.43. The first-order valence-corrected chi connectivity index (χ1v) is 9.51. The minimum atomic E-state index is -4.36. The van der Waals surface area contributed by atoms with Gasteiger partial charge in [0, 0.05) is 35.8 Å². The van der Waals surface area contributed by atoms with Gasteiger partial charge in [0.05, 0.1) is 11.2 Å². The van der Waals surface area contributed by atoms with Crippen molar-refractivity contribution >= 4 is 5.91 Å². The van der Waals surface area contributed by atoms with Crippen LogP contribution in [0, 0.1) is 24.2 Å². The number of aliphatic hydroxyl groups is 1. The lowest BCUT2D eigenvalue weighted by molar-refractivity contribution is -0.171. The van der Waals surface area contributed by atoms with Gasteiger partial charge in [-0.3, -0.25) is 9.78 Å². The van der Waals surface area contributed by atoms with Gasteiger partial charge in [-0.1, -0.05) is 0 Å². The number of aryl methyl sites for hydroxylation is 1. The highest BCUT2D eigenvalue weighted by Crippen LogP contribution is 2.53. The second-order valence-electron chi connectivity index (χ2n) is 9.21. The molecule has 148 valence electrons. The van der Waals surface area contributed by atoms with Crippen molar-refractivity contribution < 1.29 is 23.1 Å². The quantitative estimate of drug-likeness (QED) is 0.872. The molecule has 1 amide bonds. The van der Waals surface area contributed by atoms with Crippen molar-refractivity contribution in [3.63, 3.8) is 0 Å². The molecule has 2 aliphatic carbocycles. The van der Waals surface area contributed by atoms with E-state index in [2.05, 4.69) is 4.98 Å². The number of alkyl halides is 3. The minimum absolute atomic E-state index is 0.0332. The van der Waals surface area contributed by atoms with Crippen molar-refractivity contribution in [1.82, 2.24) is 9.88 Å². The molecule has 1 spiro atoms. The van der Waals surface area contributed by atoms with Gasteiger partial charge in [-0.25, -0.2) is 0 Å². The molecule has 0 atom stereocenters. The molecule has 7 heteroatoms. The number of aromatic nitrogens is 1. The average molecular weight is 382 g/mol. The lowest BCUT2D eigenvalue weighted by Gasteiger charge is -2.60. The summed E-state index contributed by atoms with van der Waals surface area (Å²) < 4.78 is 38.5. The van der Waals surface area contributed by atoms with Crippen LogP contribution in [0.1, 0.15) is 49.6 Å². The Kier molecular flexibility index (Phi) is 4.11. The number of carbonyl (C=O) groups excluding carboxylic acids is 1. The van der Waals surface area contributed by atoms with Crippen LogP contribution in [-0.4, -0.2) is 39.6 Å². The number of rotatable bonds is 3. The third-order valence-electron chi connectivity index (χ3n) is 6.48. The molecule has 0 bridgehead atoms. The molecule has 2 saturated carbocycles. The van der Waals surface area contributed by atoms with E-state index in [-0.39, 0.29) is 22.9 Å². The van der Waals surface area contributed by atoms with E-state index < -0.39 is 17.3 Å². The lowest BCUT2D eigenvalue weighted by Crippen LogP contribution is -2.66. The van der Waals surface area contributed by atoms with Crippen LogP contribution >= 0.6 is 0 Å². The molecule has 27 heavy (non-hydrogen) atoms. The first-order valence-electron chi connectivity index (χ1n) is 9.51. The Balaban J connectivity index is 1.25. The minimum Gasteiger partial charge on any atom is -0.390 e. The number of carbonyl (C=O) groups is 1. The van der Waals surface area contributed by atoms with Crippen molar-refractivity contribution in [1.29, 1.82) is 0 Å². The van der Waals surface area contributed by atoms with E-state index >= 15 is 0 Å². The van der Waals surface area contributed by atoms with E-state index in [0.29, 0.717) is 30.9 Å². The number of hydrogen-bond acceptors (Lipinski definition) is 3. The number of halogens is 3. The summed E-state index contributed by atoms with van der Waals surface area (Å²) in [6.45, 7) is 4.73. The van der Waals surface area contributed by atoms with Crippen LogP contribution in [0.15, 0.2) is 12.1 Å². The highest BCUT2D eigenvalue weighted by Gasteiger charge is 2.55. The molecule has 1 aromatic heterocycles. The van der Waals surface area contributed by atoms with E-state index in [1.807, 2.05) is 4.90 Å². The van der Waals surface area contributed by atoms with E-state index in [1.54, 1.807) is 6.92 Å². The van der Waals surface area contributed by atoms with Crippen LogP contribution in [0.2, 0.25) is 0 Å². The van der Waals surface area contributed by atoms with Crippen molar-refractivity contribution in [3.05, 3.63) is 29.1 Å². The number of pyridine rings is 1. The predicted octanol–water partition coefficient (Wildman–Crippen LogP) is 3.35. The third kappa shape index (κ3) is 3.46. The van der Waals surface area contributed by atoms with Crippen LogP contribution < -0.4 is 0 Å². The van der Waals surface area contributed by atoms with Crippen LogP contribution in [0.25, 0.3) is 0 Å². The lowest BCUT2D eigenvalue weighted by atomic mass is 9.56. The molecule has 1 saturated heterocycles. The van der Waals surface area contributed by atoms with Crippen molar-refractivity contribution in [2.24, 2.45) is 17.3 Å². The fraction of sp³-hybridized carbons (Fsp3) is 0.700. The summed E-state index contributed by atoms with van der Waals surface area (Å²) in [7, 11) is 0. The molecule has 3 aliphatic rings. The summed E-state index contributed by atoms with van der Waals surface area (Å²) in [5.41, 5.74) is -0.403. The summed E-state index contributed by atoms with van der Waals surface area (Å²) >= 11 is 0. The zero-order valence-corrected chi connectivity index (χ0v) is 15.6. The maximum absolute atomic E-state index is 12.8. The van der Waals surface area contributed by atoms with Crippen molar-refractivity contribution in [2.45, 2.75) is 57.7 Å². The predicted molar refractivity (Wildman–Crippen MR) is 92.8 cm³/mol. The Morgan fingerprint density at radius 1 is 1.26 bits per heavy atom. The Bertz CT molecular complexity index is 753. The normalized spacial score (nSPS) is 29.9. The summed E-state index contributed by atoms with van der Waals surface area (Å²) in [4.78, 5) is 18.4. The number of likely N-dealkylation sites (tertiary alicyclic amines) is 1. The van der Waals surface area contributed by atoms with Gasteiger partial charge in [-0.15, -0.1) is 0 Å². The summed E-state index contributed by atoms with van der Waals surface area (Å²) in [5, 5.41) is 9.78. The van der Waals surface area contributed by atoms with Gasteiger partial charge in [0.2, 0.25) is 5.91 Å². The SMILES string of the molecule is Cc1nc(CC2CC3(C2)CN(C(=O)C2CC(C)(O)C2)C3)ccc1C(F)(F)F. The topological polar surface area (TPSA) is 53.4 Å². The van der Waals surface area contributed by atoms with Crippen LogP contribution in [-0.2, 0) is 17.4 Å². The third-order valence-corrected chi connectivity index (χ3v) is 6.48. The van der Waals surface area contributed by atoms with Crippen molar-refractivity contribution in [3.8, 4) is 0 Å². The zero-order valence-electron chi connectivity index (χ0n) is 15.6. The zero-order chi connectivity index (χ0) is 19.6. The molecule has 4 nitrogen and oxygen atoms in total. The van der Waals surface area contributed by atoms with E-state index in [0.717, 1.165) is 32.0 Å². The number of amides is 1. The van der Waals surface area contributed by atoms with Gasteiger partial charge in [0.15, 0.2) is 0 Å². The highest BCUT2D eigenvalue weighted by molar-refractivity contribution is 5.81. The van der Waals surface area contributed by atoms with Gasteiger partial charge in [-0.2, -0.15) is 13.2 Å². The summed E-state index contributed by atoms with van der Waals surface area (Å²) in [6.07, 6.45) is -0.554. The second kappa shape index (κ2) is 5.93. The van der Waals surface area contributed by atoms with E-state index in [1.165, 1.54) is 13.0 Å². The molecular weight excluding hydrogens is 357 g/mol. The maximum Gasteiger partial charge on any atom is 0.418 e. The Labute approximate surface area is 156 Å². The van der Waals surface area contributed by atoms with Gasteiger partial charge < -0.3 is 10.0 Å². The summed E-state index contributed by atoms with van der Waals surface area (Å²) in [5.74, 6) is 0.554. The number of hydrogen-bond donors (Lipinski definition) is 1. The van der Waals surface area contributed by atoms with Crippen LogP contribution in [0.5, 0.6) is 0 Å². The van der Waals surface area contributed by atoms with Crippen molar-refractivity contribution in [2.75, 3.05) is 13.1 Å². The number of nitrogens with zero attached hydrogens (tertiary/aromatic N) is 2. The van der Waals surface area contributed by atoms with Gasteiger partial charge in [0.25, 0.3) is 0 Å². The molecule has 0 radical (unpaired) electrons. The monoisotopic (exact) mass is 382 g/mol. The van der Waals surface area contributed by atoms with E-state index in [9.17, 15) is 23.1 Å². The first kappa shape index (κ1) is 18.7.